The molecular weight excluding hydrogens is 320 g/mol. The molecule has 0 unspecified atom stereocenters. The van der Waals surface area contributed by atoms with Crippen molar-refractivity contribution in [3.63, 3.8) is 0 Å². The summed E-state index contributed by atoms with van der Waals surface area (Å²) in [6.45, 7) is 4.98. The molecule has 0 spiro atoms. The van der Waals surface area contributed by atoms with Gasteiger partial charge >= 0.3 is 0 Å². The minimum absolute atomic E-state index is 0.336. The summed E-state index contributed by atoms with van der Waals surface area (Å²) in [4.78, 5) is 13.0. The Labute approximate surface area is 157 Å². The van der Waals surface area contributed by atoms with Crippen molar-refractivity contribution in [2.75, 3.05) is 6.54 Å². The van der Waals surface area contributed by atoms with Crippen molar-refractivity contribution in [3.8, 4) is 0 Å². The predicted octanol–water partition coefficient (Wildman–Crippen LogP) is 4.36. The van der Waals surface area contributed by atoms with Crippen LogP contribution in [0.4, 0.5) is 0 Å². The Kier molecular flexibility index (Phi) is 3.79. The molecule has 6 rings (SSSR count). The third-order valence-electron chi connectivity index (χ3n) is 7.48. The number of hydrogen-bond acceptors (Lipinski definition) is 2. The molecule has 1 heterocycles. The first-order valence-electron chi connectivity index (χ1n) is 10.4. The van der Waals surface area contributed by atoms with Crippen LogP contribution in [0.1, 0.15) is 51.5 Å². The molecule has 0 N–H and O–H groups in total. The van der Waals surface area contributed by atoms with Crippen molar-refractivity contribution in [1.29, 1.82) is 0 Å². The normalized spacial score (nSPS) is 38.2. The van der Waals surface area contributed by atoms with Crippen LogP contribution in [-0.4, -0.2) is 34.1 Å². The van der Waals surface area contributed by atoms with Crippen LogP contribution in [0.25, 0.3) is 6.08 Å². The Balaban J connectivity index is 1.34. The molecule has 4 bridgehead atoms. The van der Waals surface area contributed by atoms with Crippen molar-refractivity contribution >= 4 is 12.0 Å². The Morgan fingerprint density at radius 2 is 1.62 bits per heavy atom. The summed E-state index contributed by atoms with van der Waals surface area (Å²) in [5.41, 5.74) is 0.855. The number of carbonyl (C=O) groups excluding carboxylic acids is 1. The summed E-state index contributed by atoms with van der Waals surface area (Å²) in [5.74, 6) is 3.72. The standard InChI is InChI=1S/C23H30N2O/c1-23(2)22(26)25(24(23)10-6-9-16-7-4-3-5-8-16)21-19-12-17-11-18(14-19)15-20(21)13-17/h3-9,17-21H,10-15H2,1-2H3/b9-6+. The minimum atomic E-state index is -0.365. The van der Waals surface area contributed by atoms with Gasteiger partial charge in [0, 0.05) is 6.54 Å². The maximum Gasteiger partial charge on any atom is 0.258 e. The minimum Gasteiger partial charge on any atom is -0.271 e. The second-order valence-corrected chi connectivity index (χ2v) is 9.53. The lowest BCUT2D eigenvalue weighted by Crippen LogP contribution is -2.79. The maximum atomic E-state index is 13.0. The van der Waals surface area contributed by atoms with Crippen LogP contribution >= 0.6 is 0 Å². The average Bonchev–Trinajstić information content (AvgIpc) is 2.62. The molecule has 1 aromatic carbocycles. The maximum absolute atomic E-state index is 13.0. The van der Waals surface area contributed by atoms with Crippen LogP contribution in [0.2, 0.25) is 0 Å². The lowest BCUT2D eigenvalue weighted by molar-refractivity contribution is -0.245. The van der Waals surface area contributed by atoms with Gasteiger partial charge in [-0.3, -0.25) is 9.80 Å². The van der Waals surface area contributed by atoms with E-state index >= 15 is 0 Å². The highest BCUT2D eigenvalue weighted by atomic mass is 16.2. The summed E-state index contributed by atoms with van der Waals surface area (Å²) in [7, 11) is 0. The van der Waals surface area contributed by atoms with E-state index in [1.807, 2.05) is 6.07 Å². The molecule has 1 aromatic rings. The number of nitrogens with zero attached hydrogens (tertiary/aromatic N) is 2. The molecule has 5 aliphatic rings. The van der Waals surface area contributed by atoms with Crippen molar-refractivity contribution in [2.45, 2.75) is 57.5 Å². The van der Waals surface area contributed by atoms with Gasteiger partial charge in [0.25, 0.3) is 5.91 Å². The monoisotopic (exact) mass is 350 g/mol. The summed E-state index contributed by atoms with van der Waals surface area (Å²) in [6, 6.07) is 10.9. The van der Waals surface area contributed by atoms with Gasteiger partial charge in [0.1, 0.15) is 5.54 Å². The number of amides is 1. The summed E-state index contributed by atoms with van der Waals surface area (Å²) >= 11 is 0. The largest absolute Gasteiger partial charge is 0.271 e. The SMILES string of the molecule is CC1(C)C(=O)N(C2C3CC4CC(C3)CC2C4)N1C/C=C/c1ccccc1. The molecule has 26 heavy (non-hydrogen) atoms. The molecule has 1 saturated heterocycles. The van der Waals surface area contributed by atoms with E-state index in [0.29, 0.717) is 11.9 Å². The molecular formula is C23H30N2O. The number of rotatable bonds is 4. The van der Waals surface area contributed by atoms with Gasteiger partial charge < -0.3 is 0 Å². The average molecular weight is 351 g/mol. The van der Waals surface area contributed by atoms with Crippen LogP contribution in [-0.2, 0) is 4.79 Å². The molecule has 3 heteroatoms. The second-order valence-electron chi connectivity index (χ2n) is 9.53. The fourth-order valence-corrected chi connectivity index (χ4v) is 6.49. The Morgan fingerprint density at radius 1 is 1.00 bits per heavy atom. The van der Waals surface area contributed by atoms with Crippen molar-refractivity contribution in [3.05, 3.63) is 42.0 Å². The second kappa shape index (κ2) is 5.95. The lowest BCUT2D eigenvalue weighted by Gasteiger charge is -2.65. The highest BCUT2D eigenvalue weighted by Crippen LogP contribution is 2.56. The smallest absolute Gasteiger partial charge is 0.258 e. The highest BCUT2D eigenvalue weighted by Gasteiger charge is 2.60. The topological polar surface area (TPSA) is 23.6 Å². The molecule has 4 aliphatic carbocycles. The summed E-state index contributed by atoms with van der Waals surface area (Å²) in [6.07, 6.45) is 11.3. The van der Waals surface area contributed by atoms with Crippen molar-refractivity contribution in [2.24, 2.45) is 23.7 Å². The third-order valence-corrected chi connectivity index (χ3v) is 7.48. The fraction of sp³-hybridized carbons (Fsp3) is 0.609. The first-order chi connectivity index (χ1) is 12.5. The lowest BCUT2D eigenvalue weighted by atomic mass is 9.53. The number of hydrazine groups is 1. The zero-order valence-corrected chi connectivity index (χ0v) is 16.0. The first kappa shape index (κ1) is 16.6. The number of hydrogen-bond donors (Lipinski definition) is 0. The van der Waals surface area contributed by atoms with Gasteiger partial charge in [-0.1, -0.05) is 42.5 Å². The van der Waals surface area contributed by atoms with Gasteiger partial charge in [0.05, 0.1) is 6.04 Å². The molecule has 1 amide bonds. The zero-order valence-electron chi connectivity index (χ0n) is 16.0. The van der Waals surface area contributed by atoms with Crippen LogP contribution in [0.15, 0.2) is 36.4 Å². The quantitative estimate of drug-likeness (QED) is 0.805. The fourth-order valence-electron chi connectivity index (χ4n) is 6.49. The van der Waals surface area contributed by atoms with Crippen LogP contribution in [0.3, 0.4) is 0 Å². The van der Waals surface area contributed by atoms with E-state index in [0.717, 1.165) is 30.2 Å². The summed E-state index contributed by atoms with van der Waals surface area (Å²) in [5, 5.41) is 4.52. The van der Waals surface area contributed by atoms with E-state index in [9.17, 15) is 4.79 Å². The van der Waals surface area contributed by atoms with E-state index in [1.165, 1.54) is 37.7 Å². The summed E-state index contributed by atoms with van der Waals surface area (Å²) < 4.78 is 0. The molecule has 0 radical (unpaired) electrons. The van der Waals surface area contributed by atoms with Gasteiger partial charge in [-0.05, 0) is 75.2 Å². The molecule has 4 saturated carbocycles. The van der Waals surface area contributed by atoms with Crippen molar-refractivity contribution < 1.29 is 4.79 Å². The van der Waals surface area contributed by atoms with E-state index < -0.39 is 0 Å². The number of carbonyl (C=O) groups is 1. The van der Waals surface area contributed by atoms with Gasteiger partial charge in [-0.15, -0.1) is 0 Å². The van der Waals surface area contributed by atoms with Crippen LogP contribution in [0, 0.1) is 23.7 Å². The van der Waals surface area contributed by atoms with Gasteiger partial charge in [0.2, 0.25) is 0 Å². The Morgan fingerprint density at radius 3 is 2.23 bits per heavy atom. The molecule has 138 valence electrons. The van der Waals surface area contributed by atoms with Gasteiger partial charge in [-0.25, -0.2) is 0 Å². The van der Waals surface area contributed by atoms with Crippen LogP contribution < -0.4 is 0 Å². The predicted molar refractivity (Wildman–Crippen MR) is 104 cm³/mol. The van der Waals surface area contributed by atoms with E-state index in [1.54, 1.807) is 0 Å². The van der Waals surface area contributed by atoms with E-state index in [2.05, 4.69) is 60.3 Å². The Hall–Kier alpha value is -1.61. The van der Waals surface area contributed by atoms with E-state index in [-0.39, 0.29) is 5.54 Å². The molecule has 0 aromatic heterocycles. The first-order valence-corrected chi connectivity index (χ1v) is 10.4. The number of benzene rings is 1. The van der Waals surface area contributed by atoms with Gasteiger partial charge in [0.15, 0.2) is 0 Å². The zero-order chi connectivity index (χ0) is 17.9. The molecule has 5 fully saturated rings. The van der Waals surface area contributed by atoms with Crippen molar-refractivity contribution in [1.82, 2.24) is 10.0 Å². The highest BCUT2D eigenvalue weighted by molar-refractivity contribution is 5.90. The van der Waals surface area contributed by atoms with Crippen LogP contribution in [0.5, 0.6) is 0 Å². The van der Waals surface area contributed by atoms with Gasteiger partial charge in [-0.2, -0.15) is 5.01 Å². The molecule has 3 nitrogen and oxygen atoms in total. The third kappa shape index (κ3) is 2.47. The molecule has 0 atom stereocenters. The Bertz CT molecular complexity index is 695. The molecule has 1 aliphatic heterocycles. The van der Waals surface area contributed by atoms with E-state index in [4.69, 9.17) is 0 Å².